The first-order chi connectivity index (χ1) is 9.21. The number of ether oxygens (including phenoxy) is 2. The molecule has 3 N–H and O–H groups in total. The molecule has 1 aromatic carbocycles. The van der Waals surface area contributed by atoms with E-state index in [9.17, 15) is 0 Å². The molecule has 0 aliphatic heterocycles. The molecular formula is C13H15ClN2O2S. The predicted molar refractivity (Wildman–Crippen MR) is 78.0 cm³/mol. The van der Waals surface area contributed by atoms with Gasteiger partial charge in [-0.2, -0.15) is 0 Å². The summed E-state index contributed by atoms with van der Waals surface area (Å²) in [5.74, 6) is 7.13. The van der Waals surface area contributed by atoms with Crippen LogP contribution in [-0.2, 0) is 0 Å². The van der Waals surface area contributed by atoms with Crippen LogP contribution in [0.2, 0.25) is 4.34 Å². The molecule has 0 aliphatic carbocycles. The quantitative estimate of drug-likeness (QED) is 0.658. The molecule has 2 rings (SSSR count). The highest BCUT2D eigenvalue weighted by molar-refractivity contribution is 7.16. The van der Waals surface area contributed by atoms with Crippen LogP contribution in [-0.4, -0.2) is 14.2 Å². The summed E-state index contributed by atoms with van der Waals surface area (Å²) in [5, 5.41) is 0. The van der Waals surface area contributed by atoms with Gasteiger partial charge in [-0.15, -0.1) is 11.3 Å². The van der Waals surface area contributed by atoms with Crippen molar-refractivity contribution in [3.05, 3.63) is 45.1 Å². The minimum atomic E-state index is -0.233. The fourth-order valence-electron chi connectivity index (χ4n) is 1.96. The Labute approximate surface area is 121 Å². The molecule has 6 heteroatoms. The Kier molecular flexibility index (Phi) is 4.66. The lowest BCUT2D eigenvalue weighted by molar-refractivity contribution is 0.377. The molecule has 0 fully saturated rings. The molecule has 1 atom stereocenters. The van der Waals surface area contributed by atoms with Gasteiger partial charge in [-0.3, -0.25) is 5.84 Å². The second-order valence-electron chi connectivity index (χ2n) is 3.82. The fraction of sp³-hybridized carbons (Fsp3) is 0.231. The van der Waals surface area contributed by atoms with Gasteiger partial charge >= 0.3 is 0 Å². The van der Waals surface area contributed by atoms with Crippen molar-refractivity contribution in [2.24, 2.45) is 5.84 Å². The normalized spacial score (nSPS) is 12.2. The molecular weight excluding hydrogens is 284 g/mol. The van der Waals surface area contributed by atoms with Crippen LogP contribution in [0.15, 0.2) is 30.3 Å². The zero-order chi connectivity index (χ0) is 13.8. The number of thiophene rings is 1. The summed E-state index contributed by atoms with van der Waals surface area (Å²) >= 11 is 7.45. The van der Waals surface area contributed by atoms with Crippen molar-refractivity contribution in [3.8, 4) is 11.5 Å². The molecule has 0 saturated heterocycles. The Morgan fingerprint density at radius 2 is 1.79 bits per heavy atom. The number of nitrogens with one attached hydrogen (secondary N) is 1. The summed E-state index contributed by atoms with van der Waals surface area (Å²) in [6.45, 7) is 0. The summed E-state index contributed by atoms with van der Waals surface area (Å²) in [6.07, 6.45) is 0. The molecule has 0 saturated carbocycles. The number of methoxy groups -OCH3 is 2. The molecule has 0 bridgehead atoms. The maximum atomic E-state index is 5.98. The smallest absolute Gasteiger partial charge is 0.127 e. The summed E-state index contributed by atoms with van der Waals surface area (Å²) in [4.78, 5) is 0.996. The van der Waals surface area contributed by atoms with Gasteiger partial charge < -0.3 is 9.47 Å². The predicted octanol–water partition coefficient (Wildman–Crippen LogP) is 2.97. The molecule has 0 radical (unpaired) electrons. The fourth-order valence-corrected chi connectivity index (χ4v) is 3.09. The summed E-state index contributed by atoms with van der Waals surface area (Å²) in [5.41, 5.74) is 3.64. The van der Waals surface area contributed by atoms with Gasteiger partial charge in [0.25, 0.3) is 0 Å². The van der Waals surface area contributed by atoms with Crippen LogP contribution in [0.5, 0.6) is 11.5 Å². The number of rotatable bonds is 5. The molecule has 4 nitrogen and oxygen atoms in total. The summed E-state index contributed by atoms with van der Waals surface area (Å²) in [6, 6.07) is 9.16. The third-order valence-electron chi connectivity index (χ3n) is 2.80. The largest absolute Gasteiger partial charge is 0.496 e. The first kappa shape index (κ1) is 14.1. The van der Waals surface area contributed by atoms with Gasteiger partial charge in [-0.05, 0) is 24.3 Å². The third kappa shape index (κ3) is 2.84. The third-order valence-corrected chi connectivity index (χ3v) is 4.10. The topological polar surface area (TPSA) is 56.5 Å². The van der Waals surface area contributed by atoms with Crippen molar-refractivity contribution in [3.63, 3.8) is 0 Å². The lowest BCUT2D eigenvalue weighted by Crippen LogP contribution is -2.28. The van der Waals surface area contributed by atoms with E-state index in [0.717, 1.165) is 10.4 Å². The van der Waals surface area contributed by atoms with Gasteiger partial charge in [0.05, 0.1) is 30.2 Å². The number of nitrogens with two attached hydrogens (primary N) is 1. The van der Waals surface area contributed by atoms with Crippen molar-refractivity contribution < 1.29 is 9.47 Å². The first-order valence-corrected chi connectivity index (χ1v) is 6.83. The van der Waals surface area contributed by atoms with Crippen molar-refractivity contribution in [2.45, 2.75) is 6.04 Å². The average Bonchev–Trinajstić information content (AvgIpc) is 2.86. The Morgan fingerprint density at radius 1 is 1.16 bits per heavy atom. The molecule has 0 amide bonds. The van der Waals surface area contributed by atoms with Gasteiger partial charge in [0.15, 0.2) is 0 Å². The molecule has 1 aromatic heterocycles. The van der Waals surface area contributed by atoms with Gasteiger partial charge in [-0.25, -0.2) is 5.43 Å². The van der Waals surface area contributed by atoms with Crippen LogP contribution in [0, 0.1) is 0 Å². The minimum absolute atomic E-state index is 0.233. The number of halogens is 1. The maximum absolute atomic E-state index is 5.98. The molecule has 1 unspecified atom stereocenters. The number of hydrogen-bond donors (Lipinski definition) is 2. The number of hydrazine groups is 1. The van der Waals surface area contributed by atoms with Crippen LogP contribution >= 0.6 is 22.9 Å². The lowest BCUT2D eigenvalue weighted by Gasteiger charge is -2.20. The highest BCUT2D eigenvalue weighted by Gasteiger charge is 2.22. The molecule has 102 valence electrons. The standard InChI is InChI=1S/C13H15ClN2O2S/c1-17-8-4-3-5-9(18-2)12(8)13(16-15)10-6-7-11(14)19-10/h3-7,13,16H,15H2,1-2H3. The lowest BCUT2D eigenvalue weighted by atomic mass is 10.0. The molecule has 1 heterocycles. The van der Waals surface area contributed by atoms with E-state index in [-0.39, 0.29) is 6.04 Å². The van der Waals surface area contributed by atoms with Crippen LogP contribution in [0.1, 0.15) is 16.5 Å². The van der Waals surface area contributed by atoms with E-state index in [1.807, 2.05) is 30.3 Å². The first-order valence-electron chi connectivity index (χ1n) is 5.63. The minimum Gasteiger partial charge on any atom is -0.496 e. The van der Waals surface area contributed by atoms with Crippen molar-refractivity contribution in [1.82, 2.24) is 5.43 Å². The number of hydrogen-bond acceptors (Lipinski definition) is 5. The van der Waals surface area contributed by atoms with Crippen LogP contribution in [0.3, 0.4) is 0 Å². The molecule has 0 spiro atoms. The summed E-state index contributed by atoms with van der Waals surface area (Å²) in [7, 11) is 3.24. The van der Waals surface area contributed by atoms with Crippen LogP contribution in [0.25, 0.3) is 0 Å². The van der Waals surface area contributed by atoms with E-state index in [1.165, 1.54) is 11.3 Å². The van der Waals surface area contributed by atoms with Crippen molar-refractivity contribution in [1.29, 1.82) is 0 Å². The zero-order valence-electron chi connectivity index (χ0n) is 10.6. The van der Waals surface area contributed by atoms with E-state index in [4.69, 9.17) is 26.9 Å². The summed E-state index contributed by atoms with van der Waals surface area (Å²) < 4.78 is 11.5. The monoisotopic (exact) mass is 298 g/mol. The van der Waals surface area contributed by atoms with Crippen molar-refractivity contribution >= 4 is 22.9 Å². The second kappa shape index (κ2) is 6.25. The Bertz CT molecular complexity index is 537. The Balaban J connectivity index is 2.53. The highest BCUT2D eigenvalue weighted by atomic mass is 35.5. The van der Waals surface area contributed by atoms with Gasteiger partial charge in [0.2, 0.25) is 0 Å². The van der Waals surface area contributed by atoms with E-state index in [2.05, 4.69) is 5.43 Å². The van der Waals surface area contributed by atoms with E-state index >= 15 is 0 Å². The average molecular weight is 299 g/mol. The van der Waals surface area contributed by atoms with Gasteiger partial charge in [-0.1, -0.05) is 17.7 Å². The Morgan fingerprint density at radius 3 is 2.21 bits per heavy atom. The SMILES string of the molecule is COc1cccc(OC)c1C(NN)c1ccc(Cl)s1. The van der Waals surface area contributed by atoms with Gasteiger partial charge in [0, 0.05) is 4.88 Å². The van der Waals surface area contributed by atoms with E-state index in [0.29, 0.717) is 15.8 Å². The Hall–Kier alpha value is -1.27. The van der Waals surface area contributed by atoms with Crippen LogP contribution < -0.4 is 20.7 Å². The van der Waals surface area contributed by atoms with Crippen LogP contribution in [0.4, 0.5) is 0 Å². The zero-order valence-corrected chi connectivity index (χ0v) is 12.2. The molecule has 19 heavy (non-hydrogen) atoms. The van der Waals surface area contributed by atoms with Crippen molar-refractivity contribution in [2.75, 3.05) is 14.2 Å². The second-order valence-corrected chi connectivity index (χ2v) is 5.56. The van der Waals surface area contributed by atoms with Gasteiger partial charge in [0.1, 0.15) is 11.5 Å². The van der Waals surface area contributed by atoms with E-state index < -0.39 is 0 Å². The molecule has 0 aliphatic rings. The maximum Gasteiger partial charge on any atom is 0.127 e. The van der Waals surface area contributed by atoms with E-state index in [1.54, 1.807) is 14.2 Å². The number of benzene rings is 1. The molecule has 2 aromatic rings. The highest BCUT2D eigenvalue weighted by Crippen LogP contribution is 2.39.